The van der Waals surface area contributed by atoms with Crippen molar-refractivity contribution in [3.63, 3.8) is 0 Å². The maximum atomic E-state index is 13.1. The van der Waals surface area contributed by atoms with Gasteiger partial charge >= 0.3 is 0 Å². The van der Waals surface area contributed by atoms with Gasteiger partial charge in [-0.25, -0.2) is 0 Å². The summed E-state index contributed by atoms with van der Waals surface area (Å²) in [5.74, 6) is 1.29. The summed E-state index contributed by atoms with van der Waals surface area (Å²) in [6.45, 7) is 6.66. The minimum absolute atomic E-state index is 0.0785. The molecule has 0 spiro atoms. The zero-order chi connectivity index (χ0) is 21.2. The Morgan fingerprint density at radius 2 is 2.16 bits per heavy atom. The molecule has 0 radical (unpaired) electrons. The van der Waals surface area contributed by atoms with Crippen molar-refractivity contribution in [2.45, 2.75) is 57.6 Å². The average Bonchev–Trinajstić information content (AvgIpc) is 3.28. The van der Waals surface area contributed by atoms with Crippen LogP contribution in [0.3, 0.4) is 0 Å². The van der Waals surface area contributed by atoms with Crippen molar-refractivity contribution >= 4 is 22.5 Å². The van der Waals surface area contributed by atoms with Crippen molar-refractivity contribution in [2.24, 2.45) is 11.8 Å². The van der Waals surface area contributed by atoms with Crippen LogP contribution < -0.4 is 15.5 Å². The van der Waals surface area contributed by atoms with Gasteiger partial charge in [0.15, 0.2) is 5.69 Å². The molecule has 7 heteroatoms. The number of nitrogens with one attached hydrogen (secondary N) is 3. The van der Waals surface area contributed by atoms with Gasteiger partial charge < -0.3 is 20.3 Å². The molecule has 0 unspecified atom stereocenters. The van der Waals surface area contributed by atoms with Gasteiger partial charge in [-0.05, 0) is 68.7 Å². The Balaban J connectivity index is 1.27. The fraction of sp³-hybridized carbons (Fsp3) is 0.667. The highest BCUT2D eigenvalue weighted by Crippen LogP contribution is 2.32. The van der Waals surface area contributed by atoms with Crippen LogP contribution in [0, 0.1) is 11.8 Å². The van der Waals surface area contributed by atoms with E-state index in [9.17, 15) is 4.79 Å². The molecule has 3 fully saturated rings. The smallest absolute Gasteiger partial charge is 0.272 e. The first-order valence-corrected chi connectivity index (χ1v) is 12.1. The fourth-order valence-corrected chi connectivity index (χ4v) is 4.74. The molecule has 168 valence electrons. The number of aromatic nitrogens is 2. The molecule has 5 rings (SSSR count). The van der Waals surface area contributed by atoms with Crippen LogP contribution in [0.4, 0.5) is 5.69 Å². The maximum Gasteiger partial charge on any atom is 0.272 e. The number of carbonyl (C=O) groups excluding carboxylic acids is 1. The number of aromatic amines is 1. The van der Waals surface area contributed by atoms with Crippen LogP contribution in [0.15, 0.2) is 18.2 Å². The van der Waals surface area contributed by atoms with Crippen LogP contribution in [0.25, 0.3) is 10.9 Å². The van der Waals surface area contributed by atoms with Gasteiger partial charge in [0, 0.05) is 43.4 Å². The van der Waals surface area contributed by atoms with Crippen molar-refractivity contribution in [2.75, 3.05) is 37.7 Å². The van der Waals surface area contributed by atoms with E-state index in [2.05, 4.69) is 44.8 Å². The maximum absolute atomic E-state index is 13.1. The van der Waals surface area contributed by atoms with Gasteiger partial charge in [-0.3, -0.25) is 9.89 Å². The van der Waals surface area contributed by atoms with Gasteiger partial charge in [-0.15, -0.1) is 0 Å². The second-order valence-electron chi connectivity index (χ2n) is 9.51. The van der Waals surface area contributed by atoms with E-state index in [1.165, 1.54) is 32.1 Å². The van der Waals surface area contributed by atoms with E-state index < -0.39 is 0 Å². The van der Waals surface area contributed by atoms with E-state index >= 15 is 0 Å². The molecule has 2 heterocycles. The number of nitrogens with zero attached hydrogens (tertiary/aromatic N) is 2. The molecule has 7 nitrogen and oxygen atoms in total. The van der Waals surface area contributed by atoms with Crippen LogP contribution in [0.1, 0.15) is 55.9 Å². The number of fused-ring (bicyclic) bond motifs is 1. The number of rotatable bonds is 10. The van der Waals surface area contributed by atoms with Crippen LogP contribution in [0.5, 0.6) is 0 Å². The van der Waals surface area contributed by atoms with E-state index in [0.717, 1.165) is 61.7 Å². The van der Waals surface area contributed by atoms with Gasteiger partial charge in [0.25, 0.3) is 5.91 Å². The van der Waals surface area contributed by atoms with Gasteiger partial charge in [0.2, 0.25) is 0 Å². The Kier molecular flexibility index (Phi) is 6.14. The molecular weight excluding hydrogens is 390 g/mol. The summed E-state index contributed by atoms with van der Waals surface area (Å²) >= 11 is 0. The van der Waals surface area contributed by atoms with Crippen LogP contribution in [0.2, 0.25) is 0 Å². The summed E-state index contributed by atoms with van der Waals surface area (Å²) in [7, 11) is 0. The molecule has 1 aliphatic heterocycles. The summed E-state index contributed by atoms with van der Waals surface area (Å²) in [6, 6.07) is 6.43. The lowest BCUT2D eigenvalue weighted by atomic mass is 9.79. The van der Waals surface area contributed by atoms with Crippen molar-refractivity contribution in [1.29, 1.82) is 0 Å². The first-order chi connectivity index (χ1) is 15.2. The topological polar surface area (TPSA) is 82.3 Å². The lowest BCUT2D eigenvalue weighted by Gasteiger charge is -2.34. The van der Waals surface area contributed by atoms with E-state index in [-0.39, 0.29) is 11.9 Å². The Morgan fingerprint density at radius 3 is 2.90 bits per heavy atom. The van der Waals surface area contributed by atoms with Gasteiger partial charge in [-0.2, -0.15) is 5.10 Å². The highest BCUT2D eigenvalue weighted by atomic mass is 16.5. The summed E-state index contributed by atoms with van der Waals surface area (Å²) in [6.07, 6.45) is 7.69. The molecule has 3 aliphatic rings. The zero-order valence-electron chi connectivity index (χ0n) is 18.5. The lowest BCUT2D eigenvalue weighted by molar-refractivity contribution is 0.0605. The average molecular weight is 426 g/mol. The number of anilines is 1. The third-order valence-corrected chi connectivity index (χ3v) is 7.19. The van der Waals surface area contributed by atoms with E-state index in [1.54, 1.807) is 0 Å². The predicted molar refractivity (Wildman–Crippen MR) is 123 cm³/mol. The molecule has 31 heavy (non-hydrogen) atoms. The number of hydrogen-bond donors (Lipinski definition) is 3. The monoisotopic (exact) mass is 425 g/mol. The number of benzene rings is 1. The standard InChI is InChI=1S/C24H35N5O2/c1-2-25-13-22(17-4-3-5-17)26-24(30)23-20-12-18(8-9-21(20)27-28-23)29-11-10-19(14-29)31-15-16-6-7-16/h8-9,12,16-17,19,22,25H,2-7,10-11,13-15H2,1H3,(H,26,30)(H,27,28)/t19-,22+/m0/s1. The Bertz CT molecular complexity index is 905. The molecule has 2 saturated carbocycles. The van der Waals surface area contributed by atoms with E-state index in [4.69, 9.17) is 4.74 Å². The molecule has 2 atom stereocenters. The van der Waals surface area contributed by atoms with Gasteiger partial charge in [-0.1, -0.05) is 13.3 Å². The van der Waals surface area contributed by atoms with Crippen molar-refractivity contribution in [3.8, 4) is 0 Å². The number of amides is 1. The SMILES string of the molecule is CCNC[C@@H](NC(=O)c1n[nH]c2ccc(N3CC[C@H](OCC4CC4)C3)cc12)C1CCC1. The highest BCUT2D eigenvalue weighted by molar-refractivity contribution is 6.05. The Morgan fingerprint density at radius 1 is 1.29 bits per heavy atom. The first kappa shape index (κ1) is 20.8. The summed E-state index contributed by atoms with van der Waals surface area (Å²) in [4.78, 5) is 15.5. The zero-order valence-corrected chi connectivity index (χ0v) is 18.5. The molecule has 3 N–H and O–H groups in total. The minimum atomic E-state index is -0.0785. The number of ether oxygens (including phenoxy) is 1. The molecule has 2 aromatic rings. The number of carbonyl (C=O) groups is 1. The largest absolute Gasteiger partial charge is 0.376 e. The van der Waals surface area contributed by atoms with Gasteiger partial charge in [0.05, 0.1) is 11.6 Å². The minimum Gasteiger partial charge on any atom is -0.376 e. The predicted octanol–water partition coefficient (Wildman–Crippen LogP) is 3.08. The molecule has 0 bridgehead atoms. The molecule has 1 aromatic carbocycles. The lowest BCUT2D eigenvalue weighted by Crippen LogP contribution is -2.48. The van der Waals surface area contributed by atoms with E-state index in [1.807, 2.05) is 6.07 Å². The normalized spacial score (nSPS) is 22.6. The van der Waals surface area contributed by atoms with Crippen molar-refractivity contribution < 1.29 is 9.53 Å². The number of hydrogen-bond acceptors (Lipinski definition) is 5. The molecular formula is C24H35N5O2. The van der Waals surface area contributed by atoms with Crippen LogP contribution >= 0.6 is 0 Å². The molecule has 1 amide bonds. The highest BCUT2D eigenvalue weighted by Gasteiger charge is 2.30. The third-order valence-electron chi connectivity index (χ3n) is 7.19. The molecule has 2 aliphatic carbocycles. The summed E-state index contributed by atoms with van der Waals surface area (Å²) in [5.41, 5.74) is 2.54. The Labute approximate surface area is 184 Å². The first-order valence-electron chi connectivity index (χ1n) is 12.1. The summed E-state index contributed by atoms with van der Waals surface area (Å²) < 4.78 is 6.10. The third kappa shape index (κ3) is 4.72. The number of likely N-dealkylation sites (N-methyl/N-ethyl adjacent to an activating group) is 1. The van der Waals surface area contributed by atoms with Crippen LogP contribution in [-0.2, 0) is 4.74 Å². The fourth-order valence-electron chi connectivity index (χ4n) is 4.74. The van der Waals surface area contributed by atoms with Gasteiger partial charge in [0.1, 0.15) is 0 Å². The van der Waals surface area contributed by atoms with Crippen molar-refractivity contribution in [3.05, 3.63) is 23.9 Å². The molecule has 1 aromatic heterocycles. The van der Waals surface area contributed by atoms with Crippen molar-refractivity contribution in [1.82, 2.24) is 20.8 Å². The summed E-state index contributed by atoms with van der Waals surface area (Å²) in [5, 5.41) is 15.0. The number of H-pyrrole nitrogens is 1. The van der Waals surface area contributed by atoms with E-state index in [0.29, 0.717) is 17.7 Å². The second kappa shape index (κ2) is 9.17. The quantitative estimate of drug-likeness (QED) is 0.545. The second-order valence-corrected chi connectivity index (χ2v) is 9.51. The molecule has 1 saturated heterocycles. The Hall–Kier alpha value is -2.12. The van der Waals surface area contributed by atoms with Crippen LogP contribution in [-0.4, -0.2) is 61.0 Å².